The summed E-state index contributed by atoms with van der Waals surface area (Å²) in [6.07, 6.45) is -0.0420. The van der Waals surface area contributed by atoms with Crippen LogP contribution >= 0.6 is 0 Å². The molecule has 0 bridgehead atoms. The largest absolute Gasteiger partial charge is 0.381 e. The smallest absolute Gasteiger partial charge is 0.262 e. The lowest BCUT2D eigenvalue weighted by molar-refractivity contribution is -0.129. The van der Waals surface area contributed by atoms with Crippen LogP contribution in [0.5, 0.6) is 0 Å². The van der Waals surface area contributed by atoms with Gasteiger partial charge in [-0.05, 0) is 31.0 Å². The number of para-hydroxylation sites is 2. The summed E-state index contributed by atoms with van der Waals surface area (Å²) in [5.74, 6) is 0.0613. The zero-order valence-corrected chi connectivity index (χ0v) is 20.4. The standard InChI is InChI=1S/C27H29N5O4/c1-4-14(2)21-25(35)32-19-12-8-6-10-17(19)27(36,26(32)30-21)13-20-23(33)28-15(3)22-29-18-11-7-5-9-16(18)24(34)31(20)22/h5-12,14-15,20-21,26,30,36H,4,13H2,1-3H3,(H,28,33)/t14?,15-,20+,21-,26-,27-/m0/s1. The van der Waals surface area contributed by atoms with E-state index in [0.29, 0.717) is 28.0 Å². The fraction of sp³-hybridized carbons (Fsp3) is 0.407. The number of hydrogen-bond acceptors (Lipinski definition) is 6. The van der Waals surface area contributed by atoms with Crippen LogP contribution in [0.4, 0.5) is 5.69 Å². The average molecular weight is 488 g/mol. The normalized spacial score (nSPS) is 29.6. The number of aliphatic hydroxyl groups is 1. The molecule has 0 spiro atoms. The molecule has 0 radical (unpaired) electrons. The minimum Gasteiger partial charge on any atom is -0.381 e. The van der Waals surface area contributed by atoms with Crippen molar-refractivity contribution in [3.63, 3.8) is 0 Å². The summed E-state index contributed by atoms with van der Waals surface area (Å²) in [6.45, 7) is 5.82. The van der Waals surface area contributed by atoms with Crippen molar-refractivity contribution in [1.82, 2.24) is 20.2 Å². The first-order chi connectivity index (χ1) is 17.3. The van der Waals surface area contributed by atoms with Crippen molar-refractivity contribution in [2.45, 2.75) is 63.5 Å². The van der Waals surface area contributed by atoms with Gasteiger partial charge in [-0.15, -0.1) is 0 Å². The maximum absolute atomic E-state index is 13.6. The number of nitrogens with one attached hydrogen (secondary N) is 2. The minimum absolute atomic E-state index is 0.0669. The Morgan fingerprint density at radius 2 is 1.83 bits per heavy atom. The molecule has 6 atom stereocenters. The van der Waals surface area contributed by atoms with Gasteiger partial charge < -0.3 is 10.4 Å². The van der Waals surface area contributed by atoms with Crippen molar-refractivity contribution in [3.05, 3.63) is 70.3 Å². The first kappa shape index (κ1) is 22.9. The number of hydrogen-bond donors (Lipinski definition) is 3. The lowest BCUT2D eigenvalue weighted by atomic mass is 9.85. The van der Waals surface area contributed by atoms with E-state index in [-0.39, 0.29) is 29.7 Å². The van der Waals surface area contributed by atoms with Crippen LogP contribution in [0, 0.1) is 5.92 Å². The van der Waals surface area contributed by atoms with Gasteiger partial charge in [0.15, 0.2) is 0 Å². The molecule has 9 nitrogen and oxygen atoms in total. The molecule has 3 N–H and O–H groups in total. The third kappa shape index (κ3) is 3.02. The molecule has 2 amide bonds. The fourth-order valence-electron chi connectivity index (χ4n) is 6.00. The lowest BCUT2D eigenvalue weighted by Gasteiger charge is -2.37. The van der Waals surface area contributed by atoms with Crippen LogP contribution in [0.2, 0.25) is 0 Å². The first-order valence-electron chi connectivity index (χ1n) is 12.5. The highest BCUT2D eigenvalue weighted by Gasteiger charge is 2.59. The average Bonchev–Trinajstić information content (AvgIpc) is 3.35. The van der Waals surface area contributed by atoms with Crippen LogP contribution in [0.25, 0.3) is 10.9 Å². The van der Waals surface area contributed by atoms with Gasteiger partial charge in [-0.25, -0.2) is 4.98 Å². The van der Waals surface area contributed by atoms with Gasteiger partial charge in [0.2, 0.25) is 11.8 Å². The monoisotopic (exact) mass is 487 g/mol. The van der Waals surface area contributed by atoms with Crippen LogP contribution in [-0.2, 0) is 15.2 Å². The first-order valence-corrected chi connectivity index (χ1v) is 12.5. The van der Waals surface area contributed by atoms with Crippen molar-refractivity contribution in [3.8, 4) is 0 Å². The molecule has 2 aromatic carbocycles. The van der Waals surface area contributed by atoms with Gasteiger partial charge >= 0.3 is 0 Å². The fourth-order valence-corrected chi connectivity index (χ4v) is 6.00. The van der Waals surface area contributed by atoms with Crippen molar-refractivity contribution < 1.29 is 14.7 Å². The molecule has 3 aliphatic heterocycles. The predicted octanol–water partition coefficient (Wildman–Crippen LogP) is 2.10. The SMILES string of the molecule is CCC(C)[C@@H]1N[C@H]2N(C1=O)c1ccccc1[C@@]2(O)C[C@@H]1C(=O)N[C@@H](C)c2nc3ccccc3c(=O)n21. The molecule has 6 rings (SSSR count). The molecular formula is C27H29N5O4. The van der Waals surface area contributed by atoms with Gasteiger partial charge in [-0.3, -0.25) is 29.2 Å². The Hall–Kier alpha value is -3.56. The number of amides is 2. The topological polar surface area (TPSA) is 117 Å². The molecule has 1 fully saturated rings. The predicted molar refractivity (Wildman–Crippen MR) is 134 cm³/mol. The Morgan fingerprint density at radius 1 is 1.11 bits per heavy atom. The molecule has 3 aromatic rings. The Balaban J connectivity index is 1.49. The second-order valence-electron chi connectivity index (χ2n) is 10.2. The van der Waals surface area contributed by atoms with Crippen molar-refractivity contribution in [1.29, 1.82) is 0 Å². The van der Waals surface area contributed by atoms with Crippen LogP contribution in [0.15, 0.2) is 53.3 Å². The lowest BCUT2D eigenvalue weighted by Crippen LogP contribution is -2.54. The van der Waals surface area contributed by atoms with E-state index in [9.17, 15) is 19.5 Å². The van der Waals surface area contributed by atoms with E-state index in [1.807, 2.05) is 32.0 Å². The van der Waals surface area contributed by atoms with E-state index in [4.69, 9.17) is 4.98 Å². The number of carbonyl (C=O) groups excluding carboxylic acids is 2. The molecular weight excluding hydrogens is 458 g/mol. The molecule has 1 saturated heterocycles. The maximum Gasteiger partial charge on any atom is 0.262 e. The molecule has 3 aliphatic rings. The van der Waals surface area contributed by atoms with Crippen molar-refractivity contribution in [2.75, 3.05) is 4.90 Å². The van der Waals surface area contributed by atoms with E-state index in [0.717, 1.165) is 6.42 Å². The van der Waals surface area contributed by atoms with Gasteiger partial charge in [0.1, 0.15) is 23.6 Å². The van der Waals surface area contributed by atoms with Gasteiger partial charge in [-0.1, -0.05) is 50.6 Å². The highest BCUT2D eigenvalue weighted by molar-refractivity contribution is 6.03. The molecule has 9 heteroatoms. The molecule has 1 unspecified atom stereocenters. The minimum atomic E-state index is -1.60. The molecule has 186 valence electrons. The van der Waals surface area contributed by atoms with E-state index in [1.165, 1.54) is 4.57 Å². The Kier molecular flexibility index (Phi) is 5.07. The van der Waals surface area contributed by atoms with Crippen LogP contribution in [0.1, 0.15) is 57.1 Å². The van der Waals surface area contributed by atoms with Gasteiger partial charge in [0, 0.05) is 12.0 Å². The number of benzene rings is 2. The number of fused-ring (bicyclic) bond motifs is 5. The zero-order valence-electron chi connectivity index (χ0n) is 20.4. The summed E-state index contributed by atoms with van der Waals surface area (Å²) in [6, 6.07) is 12.4. The summed E-state index contributed by atoms with van der Waals surface area (Å²) in [4.78, 5) is 46.8. The Morgan fingerprint density at radius 3 is 2.61 bits per heavy atom. The zero-order chi connectivity index (χ0) is 25.4. The number of aromatic nitrogens is 2. The molecule has 4 heterocycles. The third-order valence-electron chi connectivity index (χ3n) is 8.09. The van der Waals surface area contributed by atoms with Crippen molar-refractivity contribution in [2.24, 2.45) is 5.92 Å². The Bertz CT molecular complexity index is 1470. The second kappa shape index (κ2) is 7.97. The van der Waals surface area contributed by atoms with Gasteiger partial charge in [-0.2, -0.15) is 0 Å². The van der Waals surface area contributed by atoms with E-state index in [1.54, 1.807) is 42.2 Å². The summed E-state index contributed by atoms with van der Waals surface area (Å²) in [5.41, 5.74) is -0.164. The van der Waals surface area contributed by atoms with Gasteiger partial charge in [0.05, 0.1) is 28.7 Å². The van der Waals surface area contributed by atoms with Crippen LogP contribution in [-0.4, -0.2) is 38.7 Å². The summed E-state index contributed by atoms with van der Waals surface area (Å²) in [5, 5.41) is 19.0. The highest BCUT2D eigenvalue weighted by atomic mass is 16.3. The summed E-state index contributed by atoms with van der Waals surface area (Å²) < 4.78 is 1.43. The molecule has 1 aromatic heterocycles. The van der Waals surface area contributed by atoms with E-state index in [2.05, 4.69) is 10.6 Å². The summed E-state index contributed by atoms with van der Waals surface area (Å²) >= 11 is 0. The number of carbonyl (C=O) groups is 2. The quantitative estimate of drug-likeness (QED) is 0.519. The molecule has 36 heavy (non-hydrogen) atoms. The summed E-state index contributed by atoms with van der Waals surface area (Å²) in [7, 11) is 0. The van der Waals surface area contributed by atoms with Gasteiger partial charge in [0.25, 0.3) is 5.56 Å². The Labute approximate surface area is 208 Å². The third-order valence-corrected chi connectivity index (χ3v) is 8.09. The number of rotatable bonds is 4. The molecule has 0 aliphatic carbocycles. The van der Waals surface area contributed by atoms with Crippen LogP contribution in [0.3, 0.4) is 0 Å². The van der Waals surface area contributed by atoms with Crippen molar-refractivity contribution >= 4 is 28.4 Å². The van der Waals surface area contributed by atoms with Crippen LogP contribution < -0.4 is 21.1 Å². The molecule has 0 saturated carbocycles. The highest BCUT2D eigenvalue weighted by Crippen LogP contribution is 2.50. The second-order valence-corrected chi connectivity index (χ2v) is 10.2. The van der Waals surface area contributed by atoms with E-state index >= 15 is 0 Å². The van der Waals surface area contributed by atoms with E-state index < -0.39 is 29.9 Å². The number of nitrogens with zero attached hydrogens (tertiary/aromatic N) is 3. The number of anilines is 1. The maximum atomic E-state index is 13.6.